The van der Waals surface area contributed by atoms with Crippen molar-refractivity contribution in [2.24, 2.45) is 0 Å². The first-order valence-corrected chi connectivity index (χ1v) is 10.3. The fraction of sp³-hybridized carbons (Fsp3) is 0.714. The third-order valence-corrected chi connectivity index (χ3v) is 5.45. The van der Waals surface area contributed by atoms with E-state index in [1.807, 2.05) is 0 Å². The summed E-state index contributed by atoms with van der Waals surface area (Å²) in [5.74, 6) is -0.167. The van der Waals surface area contributed by atoms with Gasteiger partial charge in [0.15, 0.2) is 0 Å². The topological polar surface area (TPSA) is 46.1 Å². The summed E-state index contributed by atoms with van der Waals surface area (Å²) < 4.78 is 3.25. The third-order valence-electron chi connectivity index (χ3n) is 1.41. The first kappa shape index (κ1) is 22.1. The van der Waals surface area contributed by atoms with E-state index in [4.69, 9.17) is 0 Å². The van der Waals surface area contributed by atoms with Crippen LogP contribution in [0.2, 0.25) is 8.87 Å². The Morgan fingerprint density at radius 3 is 1.29 bits per heavy atom. The molecule has 0 aromatic heterocycles. The van der Waals surface area contributed by atoms with Gasteiger partial charge in [-0.05, 0) is 0 Å². The van der Waals surface area contributed by atoms with E-state index in [1.54, 1.807) is 8.87 Å². The van der Waals surface area contributed by atoms with Crippen molar-refractivity contribution in [2.75, 3.05) is 0 Å². The zero-order valence-electron chi connectivity index (χ0n) is 12.0. The zero-order valence-corrected chi connectivity index (χ0v) is 14.8. The van der Waals surface area contributed by atoms with E-state index in [9.17, 15) is 10.2 Å². The number of hydrogen-bond acceptors (Lipinski definition) is 2. The molecule has 0 bridgehead atoms. The van der Waals surface area contributed by atoms with Crippen molar-refractivity contribution in [3.63, 3.8) is 0 Å². The Morgan fingerprint density at radius 2 is 1.12 bits per heavy atom. The van der Waals surface area contributed by atoms with Gasteiger partial charge in [-0.3, -0.25) is 0 Å². The van der Waals surface area contributed by atoms with Crippen molar-refractivity contribution >= 4 is 21.1 Å². The van der Waals surface area contributed by atoms with Gasteiger partial charge in [-0.1, -0.05) is 13.8 Å². The van der Waals surface area contributed by atoms with Crippen LogP contribution in [0.25, 0.3) is 0 Å². The first-order valence-electron chi connectivity index (χ1n) is 6.24. The number of unbranched alkanes of at least 4 members (excludes halogenated alkanes) is 2. The van der Waals surface area contributed by atoms with Crippen LogP contribution in [0.1, 0.15) is 53.4 Å². The Balaban J connectivity index is -0.000000205. The molecule has 0 amide bonds. The Labute approximate surface area is 118 Å². The van der Waals surface area contributed by atoms with Crippen LogP contribution < -0.4 is 10.2 Å². The normalized spacial score (nSPS) is 7.76. The molecule has 100 valence electrons. The maximum atomic E-state index is 9.33. The molecule has 0 aliphatic carbocycles. The van der Waals surface area contributed by atoms with E-state index in [2.05, 4.69) is 27.0 Å². The summed E-state index contributed by atoms with van der Waals surface area (Å²) in [6.45, 7) is 13.4. The van der Waals surface area contributed by atoms with Gasteiger partial charge in [0, 0.05) is 0 Å². The molecule has 0 aromatic rings. The second kappa shape index (κ2) is 21.2. The molecule has 0 heterocycles. The second-order valence-electron chi connectivity index (χ2n) is 3.86. The molecule has 0 saturated heterocycles. The van der Waals surface area contributed by atoms with Gasteiger partial charge in [0.1, 0.15) is 0 Å². The molecule has 0 aliphatic rings. The molecule has 0 saturated carbocycles. The van der Waals surface area contributed by atoms with E-state index in [0.29, 0.717) is 0 Å². The van der Waals surface area contributed by atoms with Crippen LogP contribution in [-0.2, 0) is 0 Å². The van der Waals surface area contributed by atoms with Gasteiger partial charge < -0.3 is 10.2 Å². The molecule has 0 fully saturated rings. The first-order chi connectivity index (χ1) is 7.88. The fourth-order valence-corrected chi connectivity index (χ4v) is 4.89. The van der Waals surface area contributed by atoms with Crippen LogP contribution >= 0.6 is 0 Å². The van der Waals surface area contributed by atoms with Gasteiger partial charge in [0.05, 0.1) is 0 Å². The van der Waals surface area contributed by atoms with Crippen LogP contribution in [0.3, 0.4) is 0 Å². The number of allylic oxidation sites excluding steroid dienone is 2. The van der Waals surface area contributed by atoms with Crippen molar-refractivity contribution in [3.05, 3.63) is 24.7 Å². The molecule has 0 rings (SSSR count). The summed E-state index contributed by atoms with van der Waals surface area (Å²) in [7, 11) is 0. The van der Waals surface area contributed by atoms with Crippen molar-refractivity contribution in [2.45, 2.75) is 62.3 Å². The zero-order chi connectivity index (χ0) is 14.1. The van der Waals surface area contributed by atoms with Crippen molar-refractivity contribution in [1.82, 2.24) is 0 Å². The molecule has 0 N–H and O–H groups in total. The number of rotatable bonds is 6. The van der Waals surface area contributed by atoms with Gasteiger partial charge in [-0.2, -0.15) is 0 Å². The number of hydrogen-bond donors (Lipinski definition) is 0. The molecule has 0 radical (unpaired) electrons. The summed E-state index contributed by atoms with van der Waals surface area (Å²) in [5, 5.41) is 18.7. The van der Waals surface area contributed by atoms with Crippen molar-refractivity contribution in [1.29, 1.82) is 0 Å². The van der Waals surface area contributed by atoms with Gasteiger partial charge in [-0.15, -0.1) is 24.7 Å². The van der Waals surface area contributed by atoms with E-state index >= 15 is 0 Å². The summed E-state index contributed by atoms with van der Waals surface area (Å²) >= 11 is 0.149. The molecule has 0 atom stereocenters. The fourth-order valence-electron chi connectivity index (χ4n) is 0.729. The molecule has 0 aromatic carbocycles. The van der Waals surface area contributed by atoms with Crippen LogP contribution in [0.15, 0.2) is 24.7 Å². The molecule has 0 unspecified atom stereocenters. The maximum absolute atomic E-state index is 9.33. The molecule has 0 aliphatic heterocycles. The Bertz CT molecular complexity index is 142. The second-order valence-corrected chi connectivity index (χ2v) is 8.14. The molecule has 2 nitrogen and oxygen atoms in total. The van der Waals surface area contributed by atoms with E-state index in [1.165, 1.54) is 39.5 Å². The third kappa shape index (κ3) is 88.5. The quantitative estimate of drug-likeness (QED) is 0.421. The van der Waals surface area contributed by atoms with E-state index in [-0.39, 0.29) is 32.7 Å². The van der Waals surface area contributed by atoms with Crippen molar-refractivity contribution < 1.29 is 10.2 Å². The summed E-state index contributed by atoms with van der Waals surface area (Å²) in [6, 6.07) is 0. The molecule has 3 heteroatoms. The molecular weight excluding hydrogens is 319 g/mol. The van der Waals surface area contributed by atoms with E-state index in [0.717, 1.165) is 0 Å². The van der Waals surface area contributed by atoms with E-state index < -0.39 is 0 Å². The van der Waals surface area contributed by atoms with Crippen LogP contribution in [-0.4, -0.2) is 21.1 Å². The predicted molar refractivity (Wildman–Crippen MR) is 74.8 cm³/mol. The average molecular weight is 347 g/mol. The van der Waals surface area contributed by atoms with Gasteiger partial charge in [0.25, 0.3) is 0 Å². The van der Waals surface area contributed by atoms with Crippen LogP contribution in [0.5, 0.6) is 0 Å². The monoisotopic (exact) mass is 348 g/mol. The summed E-state index contributed by atoms with van der Waals surface area (Å²) in [5.41, 5.74) is 0. The molecule has 17 heavy (non-hydrogen) atoms. The van der Waals surface area contributed by atoms with Gasteiger partial charge >= 0.3 is 69.5 Å². The van der Waals surface area contributed by atoms with Crippen molar-refractivity contribution in [3.8, 4) is 0 Å². The molecular formula is C14H28O2Sn. The predicted octanol–water partition coefficient (Wildman–Crippen LogP) is 2.89. The SMILES string of the molecule is C=C(C)[O-].C=C(C)[O-].CCC[CH2][Sn+2][CH2]CCC. The minimum absolute atomic E-state index is 0.0833. The Morgan fingerprint density at radius 1 is 0.882 bits per heavy atom. The Kier molecular flexibility index (Phi) is 27.5. The standard InChI is InChI=1S/2C4H9.2C3H6O.Sn/c2*1-3-4-2;2*1-3(2)4;/h2*1,3-4H2,2H3;2*4H,1H2,2H3;/q;;;;+2/p-2. The van der Waals surface area contributed by atoms with Gasteiger partial charge in [-0.25, -0.2) is 0 Å². The minimum atomic E-state index is -0.0833. The summed E-state index contributed by atoms with van der Waals surface area (Å²) in [6.07, 6.45) is 5.84. The Hall–Kier alpha value is -0.121. The van der Waals surface area contributed by atoms with Crippen LogP contribution in [0.4, 0.5) is 0 Å². The average Bonchev–Trinajstić information content (AvgIpc) is 2.16. The van der Waals surface area contributed by atoms with Crippen LogP contribution in [0, 0.1) is 0 Å². The van der Waals surface area contributed by atoms with Gasteiger partial charge in [0.2, 0.25) is 0 Å². The summed E-state index contributed by atoms with van der Waals surface area (Å²) in [4.78, 5) is 0. The molecule has 0 spiro atoms.